The van der Waals surface area contributed by atoms with Crippen molar-refractivity contribution in [3.63, 3.8) is 0 Å². The van der Waals surface area contributed by atoms with Crippen LogP contribution in [-0.2, 0) is 14.6 Å². The van der Waals surface area contributed by atoms with Gasteiger partial charge < -0.3 is 10.6 Å². The van der Waals surface area contributed by atoms with Crippen molar-refractivity contribution in [2.45, 2.75) is 56.7 Å². The Hall–Kier alpha value is -0.620. The van der Waals surface area contributed by atoms with Gasteiger partial charge in [0, 0.05) is 12.6 Å². The van der Waals surface area contributed by atoms with Crippen LogP contribution >= 0.6 is 0 Å². The van der Waals surface area contributed by atoms with Crippen molar-refractivity contribution in [2.24, 2.45) is 5.92 Å². The Labute approximate surface area is 121 Å². The third-order valence-corrected chi connectivity index (χ3v) is 6.79. The minimum Gasteiger partial charge on any atom is -0.353 e. The molecule has 20 heavy (non-hydrogen) atoms. The standard InChI is InChI=1S/C14H26N2O3S/c1-2-11-6-5-8-15-12(11)10-16-14(17)13-7-3-4-9-20(13,18)19/h11-13,15H,2-10H2,1H3,(H,16,17). The fourth-order valence-corrected chi connectivity index (χ4v) is 5.15. The summed E-state index contributed by atoms with van der Waals surface area (Å²) >= 11 is 0. The Balaban J connectivity index is 1.88. The van der Waals surface area contributed by atoms with Crippen LogP contribution < -0.4 is 10.6 Å². The highest BCUT2D eigenvalue weighted by Gasteiger charge is 2.35. The molecule has 2 N–H and O–H groups in total. The molecule has 0 radical (unpaired) electrons. The molecule has 3 unspecified atom stereocenters. The second-order valence-corrected chi connectivity index (χ2v) is 8.27. The van der Waals surface area contributed by atoms with Crippen LogP contribution in [0.25, 0.3) is 0 Å². The van der Waals surface area contributed by atoms with E-state index >= 15 is 0 Å². The second kappa shape index (κ2) is 6.89. The molecule has 0 saturated carbocycles. The minimum absolute atomic E-state index is 0.157. The zero-order valence-electron chi connectivity index (χ0n) is 12.2. The first-order chi connectivity index (χ1) is 9.54. The minimum atomic E-state index is -3.23. The Morgan fingerprint density at radius 2 is 2.05 bits per heavy atom. The average molecular weight is 302 g/mol. The number of carbonyl (C=O) groups excluding carboxylic acids is 1. The first-order valence-electron chi connectivity index (χ1n) is 7.77. The third kappa shape index (κ3) is 3.73. The Bertz CT molecular complexity index is 436. The van der Waals surface area contributed by atoms with E-state index in [-0.39, 0.29) is 17.7 Å². The molecule has 0 aliphatic carbocycles. The first kappa shape index (κ1) is 15.8. The Morgan fingerprint density at radius 1 is 1.25 bits per heavy atom. The maximum atomic E-state index is 12.1. The van der Waals surface area contributed by atoms with Crippen molar-refractivity contribution >= 4 is 15.7 Å². The van der Waals surface area contributed by atoms with E-state index in [2.05, 4.69) is 17.6 Å². The summed E-state index contributed by atoms with van der Waals surface area (Å²) in [7, 11) is -3.23. The summed E-state index contributed by atoms with van der Waals surface area (Å²) < 4.78 is 23.8. The zero-order valence-corrected chi connectivity index (χ0v) is 13.0. The molecular weight excluding hydrogens is 276 g/mol. The molecule has 2 rings (SSSR count). The van der Waals surface area contributed by atoms with Gasteiger partial charge in [0.2, 0.25) is 5.91 Å². The lowest BCUT2D eigenvalue weighted by atomic mass is 9.88. The molecule has 0 bridgehead atoms. The lowest BCUT2D eigenvalue weighted by Crippen LogP contribution is -2.51. The van der Waals surface area contributed by atoms with Crippen LogP contribution in [0.3, 0.4) is 0 Å². The molecule has 1 amide bonds. The number of nitrogens with one attached hydrogen (secondary N) is 2. The average Bonchev–Trinajstić information content (AvgIpc) is 2.44. The maximum Gasteiger partial charge on any atom is 0.238 e. The molecule has 2 aliphatic rings. The van der Waals surface area contributed by atoms with Crippen LogP contribution in [0.2, 0.25) is 0 Å². The second-order valence-electron chi connectivity index (χ2n) is 5.97. The van der Waals surface area contributed by atoms with E-state index in [1.165, 1.54) is 12.8 Å². The van der Waals surface area contributed by atoms with Crippen LogP contribution in [-0.4, -0.2) is 44.5 Å². The van der Waals surface area contributed by atoms with Gasteiger partial charge in [0.25, 0.3) is 0 Å². The normalized spacial score (nSPS) is 33.5. The first-order valence-corrected chi connectivity index (χ1v) is 9.49. The lowest BCUT2D eigenvalue weighted by Gasteiger charge is -2.32. The van der Waals surface area contributed by atoms with Gasteiger partial charge in [-0.25, -0.2) is 8.42 Å². The highest BCUT2D eigenvalue weighted by atomic mass is 32.2. The highest BCUT2D eigenvalue weighted by molar-refractivity contribution is 7.92. The predicted octanol–water partition coefficient (Wildman–Crippen LogP) is 0.848. The summed E-state index contributed by atoms with van der Waals surface area (Å²) in [4.78, 5) is 12.1. The van der Waals surface area contributed by atoms with Gasteiger partial charge in [0.05, 0.1) is 5.75 Å². The van der Waals surface area contributed by atoms with Crippen molar-refractivity contribution in [1.82, 2.24) is 10.6 Å². The van der Waals surface area contributed by atoms with Crippen molar-refractivity contribution in [3.05, 3.63) is 0 Å². The number of sulfone groups is 1. The van der Waals surface area contributed by atoms with E-state index in [0.717, 1.165) is 19.4 Å². The number of piperidine rings is 1. The summed E-state index contributed by atoms with van der Waals surface area (Å²) in [6, 6.07) is 0.281. The molecule has 0 aromatic rings. The number of amides is 1. The van der Waals surface area contributed by atoms with E-state index in [1.54, 1.807) is 0 Å². The third-order valence-electron chi connectivity index (χ3n) is 4.62. The van der Waals surface area contributed by atoms with Gasteiger partial charge in [0.1, 0.15) is 5.25 Å². The number of rotatable bonds is 4. The van der Waals surface area contributed by atoms with Crippen molar-refractivity contribution in [3.8, 4) is 0 Å². The van der Waals surface area contributed by atoms with Gasteiger partial charge in [-0.3, -0.25) is 4.79 Å². The van der Waals surface area contributed by atoms with Crippen LogP contribution in [0.4, 0.5) is 0 Å². The SMILES string of the molecule is CCC1CCCNC1CNC(=O)C1CCCCS1(=O)=O. The Morgan fingerprint density at radius 3 is 2.75 bits per heavy atom. The highest BCUT2D eigenvalue weighted by Crippen LogP contribution is 2.21. The van der Waals surface area contributed by atoms with Gasteiger partial charge in [-0.1, -0.05) is 19.8 Å². The van der Waals surface area contributed by atoms with E-state index in [9.17, 15) is 13.2 Å². The van der Waals surface area contributed by atoms with Gasteiger partial charge in [-0.05, 0) is 38.1 Å². The molecule has 2 fully saturated rings. The molecule has 6 heteroatoms. The van der Waals surface area contributed by atoms with Gasteiger partial charge >= 0.3 is 0 Å². The smallest absolute Gasteiger partial charge is 0.238 e. The van der Waals surface area contributed by atoms with Crippen LogP contribution in [0.15, 0.2) is 0 Å². The largest absolute Gasteiger partial charge is 0.353 e. The molecule has 2 saturated heterocycles. The molecular formula is C14H26N2O3S. The van der Waals surface area contributed by atoms with E-state index in [1.807, 2.05) is 0 Å². The molecule has 0 aromatic heterocycles. The molecule has 0 spiro atoms. The molecule has 3 atom stereocenters. The van der Waals surface area contributed by atoms with Crippen LogP contribution in [0, 0.1) is 5.92 Å². The number of carbonyl (C=O) groups is 1. The monoisotopic (exact) mass is 302 g/mol. The molecule has 5 nitrogen and oxygen atoms in total. The van der Waals surface area contributed by atoms with Crippen LogP contribution in [0.1, 0.15) is 45.4 Å². The van der Waals surface area contributed by atoms with Gasteiger partial charge in [-0.2, -0.15) is 0 Å². The maximum absolute atomic E-state index is 12.1. The predicted molar refractivity (Wildman–Crippen MR) is 79.2 cm³/mol. The fourth-order valence-electron chi connectivity index (χ4n) is 3.32. The molecule has 2 aliphatic heterocycles. The fraction of sp³-hybridized carbons (Fsp3) is 0.929. The summed E-state index contributed by atoms with van der Waals surface area (Å²) in [5, 5.41) is 5.48. The molecule has 2 heterocycles. The summed E-state index contributed by atoms with van der Waals surface area (Å²) in [5.41, 5.74) is 0. The molecule has 0 aromatic carbocycles. The van der Waals surface area contributed by atoms with E-state index < -0.39 is 15.1 Å². The van der Waals surface area contributed by atoms with Gasteiger partial charge in [-0.15, -0.1) is 0 Å². The van der Waals surface area contributed by atoms with Crippen molar-refractivity contribution in [2.75, 3.05) is 18.8 Å². The number of hydrogen-bond donors (Lipinski definition) is 2. The zero-order chi connectivity index (χ0) is 14.6. The summed E-state index contributed by atoms with van der Waals surface area (Å²) in [5.74, 6) is 0.434. The van der Waals surface area contributed by atoms with E-state index in [4.69, 9.17) is 0 Å². The van der Waals surface area contributed by atoms with E-state index in [0.29, 0.717) is 25.3 Å². The Kier molecular flexibility index (Phi) is 5.43. The van der Waals surface area contributed by atoms with Crippen LogP contribution in [0.5, 0.6) is 0 Å². The summed E-state index contributed by atoms with van der Waals surface area (Å²) in [6.45, 7) is 3.69. The topological polar surface area (TPSA) is 75.3 Å². The summed E-state index contributed by atoms with van der Waals surface area (Å²) in [6.07, 6.45) is 5.45. The lowest BCUT2D eigenvalue weighted by molar-refractivity contribution is -0.121. The van der Waals surface area contributed by atoms with Crippen molar-refractivity contribution < 1.29 is 13.2 Å². The molecule has 116 valence electrons. The van der Waals surface area contributed by atoms with Crippen molar-refractivity contribution in [1.29, 1.82) is 0 Å². The number of hydrogen-bond acceptors (Lipinski definition) is 4. The van der Waals surface area contributed by atoms with Gasteiger partial charge in [0.15, 0.2) is 9.84 Å². The quantitative estimate of drug-likeness (QED) is 0.807.